The lowest BCUT2D eigenvalue weighted by molar-refractivity contribution is 0.580. The Labute approximate surface area is 96.9 Å². The van der Waals surface area contributed by atoms with E-state index in [9.17, 15) is 8.42 Å². The standard InChI is InChI=1S/C12H17NO2S/c1-2-8-13-16(14,15)12-7-6-10-4-3-5-11(10)9-12/h6-7,9,13H,2-5,8H2,1H3. The number of aryl methyl sites for hydroxylation is 2. The summed E-state index contributed by atoms with van der Waals surface area (Å²) in [5.74, 6) is 0. The van der Waals surface area contributed by atoms with Crippen LogP contribution in [-0.2, 0) is 22.9 Å². The molecule has 1 aliphatic carbocycles. The van der Waals surface area contributed by atoms with Crippen LogP contribution in [0, 0.1) is 0 Å². The first-order valence-corrected chi connectivity index (χ1v) is 7.23. The first-order valence-electron chi connectivity index (χ1n) is 5.75. The number of fused-ring (bicyclic) bond motifs is 1. The fraction of sp³-hybridized carbons (Fsp3) is 0.500. The predicted molar refractivity (Wildman–Crippen MR) is 63.9 cm³/mol. The molecule has 0 saturated carbocycles. The van der Waals surface area contributed by atoms with Crippen LogP contribution in [-0.4, -0.2) is 15.0 Å². The predicted octanol–water partition coefficient (Wildman–Crippen LogP) is 1.86. The van der Waals surface area contributed by atoms with Gasteiger partial charge in [0.25, 0.3) is 0 Å². The lowest BCUT2D eigenvalue weighted by Gasteiger charge is -2.07. The molecule has 1 N–H and O–H groups in total. The lowest BCUT2D eigenvalue weighted by atomic mass is 10.1. The zero-order valence-electron chi connectivity index (χ0n) is 9.49. The molecule has 1 aromatic rings. The second-order valence-corrected chi connectivity index (χ2v) is 5.95. The van der Waals surface area contributed by atoms with E-state index in [-0.39, 0.29) is 0 Å². The maximum absolute atomic E-state index is 11.9. The third kappa shape index (κ3) is 2.28. The number of sulfonamides is 1. The fourth-order valence-corrected chi connectivity index (χ4v) is 3.22. The van der Waals surface area contributed by atoms with Gasteiger partial charge in [0, 0.05) is 6.54 Å². The summed E-state index contributed by atoms with van der Waals surface area (Å²) in [5, 5.41) is 0. The zero-order chi connectivity index (χ0) is 11.6. The van der Waals surface area contributed by atoms with Crippen molar-refractivity contribution in [2.75, 3.05) is 6.54 Å². The average molecular weight is 239 g/mol. The average Bonchev–Trinajstić information content (AvgIpc) is 2.73. The molecule has 0 radical (unpaired) electrons. The number of nitrogens with one attached hydrogen (secondary N) is 1. The lowest BCUT2D eigenvalue weighted by Crippen LogP contribution is -2.24. The zero-order valence-corrected chi connectivity index (χ0v) is 10.3. The summed E-state index contributed by atoms with van der Waals surface area (Å²) in [7, 11) is -3.29. The molecule has 4 heteroatoms. The molecule has 0 aromatic heterocycles. The van der Waals surface area contributed by atoms with E-state index in [4.69, 9.17) is 0 Å². The van der Waals surface area contributed by atoms with Crippen molar-refractivity contribution in [3.63, 3.8) is 0 Å². The van der Waals surface area contributed by atoms with Gasteiger partial charge < -0.3 is 0 Å². The summed E-state index contributed by atoms with van der Waals surface area (Å²) in [5.41, 5.74) is 2.49. The smallest absolute Gasteiger partial charge is 0.211 e. The molecule has 0 atom stereocenters. The monoisotopic (exact) mass is 239 g/mol. The van der Waals surface area contributed by atoms with E-state index in [1.165, 1.54) is 11.1 Å². The maximum atomic E-state index is 11.9. The highest BCUT2D eigenvalue weighted by Gasteiger charge is 2.17. The molecule has 16 heavy (non-hydrogen) atoms. The molecule has 0 amide bonds. The number of hydrogen-bond donors (Lipinski definition) is 1. The van der Waals surface area contributed by atoms with Gasteiger partial charge in [-0.05, 0) is 48.9 Å². The van der Waals surface area contributed by atoms with Gasteiger partial charge in [-0.3, -0.25) is 0 Å². The van der Waals surface area contributed by atoms with Crippen molar-refractivity contribution in [1.82, 2.24) is 4.72 Å². The van der Waals surface area contributed by atoms with Gasteiger partial charge in [0.15, 0.2) is 0 Å². The van der Waals surface area contributed by atoms with Gasteiger partial charge >= 0.3 is 0 Å². The minimum atomic E-state index is -3.29. The van der Waals surface area contributed by atoms with Gasteiger partial charge in [0.05, 0.1) is 4.90 Å². The van der Waals surface area contributed by atoms with Crippen LogP contribution in [0.5, 0.6) is 0 Å². The Bertz CT molecular complexity index is 480. The second kappa shape index (κ2) is 4.55. The summed E-state index contributed by atoms with van der Waals surface area (Å²) in [6.45, 7) is 2.45. The molecule has 0 saturated heterocycles. The maximum Gasteiger partial charge on any atom is 0.240 e. The van der Waals surface area contributed by atoms with Crippen LogP contribution in [0.15, 0.2) is 23.1 Å². The molecule has 0 heterocycles. The number of hydrogen-bond acceptors (Lipinski definition) is 2. The topological polar surface area (TPSA) is 46.2 Å². The molecule has 2 rings (SSSR count). The van der Waals surface area contributed by atoms with E-state index in [0.717, 1.165) is 25.7 Å². The normalized spacial score (nSPS) is 15.1. The first-order chi connectivity index (χ1) is 7.63. The van der Waals surface area contributed by atoms with Crippen LogP contribution >= 0.6 is 0 Å². The van der Waals surface area contributed by atoms with Gasteiger partial charge in [-0.1, -0.05) is 13.0 Å². The molecule has 3 nitrogen and oxygen atoms in total. The van der Waals surface area contributed by atoms with E-state index >= 15 is 0 Å². The minimum absolute atomic E-state index is 0.404. The molecule has 88 valence electrons. The van der Waals surface area contributed by atoms with E-state index in [1.54, 1.807) is 6.07 Å². The third-order valence-corrected chi connectivity index (χ3v) is 4.38. The Kier molecular flexibility index (Phi) is 3.30. The highest BCUT2D eigenvalue weighted by atomic mass is 32.2. The number of benzene rings is 1. The van der Waals surface area contributed by atoms with Crippen molar-refractivity contribution in [1.29, 1.82) is 0 Å². The Hall–Kier alpha value is -0.870. The Morgan fingerprint density at radius 3 is 2.75 bits per heavy atom. The highest BCUT2D eigenvalue weighted by Crippen LogP contribution is 2.24. The minimum Gasteiger partial charge on any atom is -0.211 e. The summed E-state index contributed by atoms with van der Waals surface area (Å²) in [6.07, 6.45) is 4.04. The molecule has 0 spiro atoms. The van der Waals surface area contributed by atoms with Gasteiger partial charge in [-0.2, -0.15) is 0 Å². The molecule has 0 aliphatic heterocycles. The Balaban J connectivity index is 2.27. The summed E-state index contributed by atoms with van der Waals surface area (Å²) < 4.78 is 26.3. The van der Waals surface area contributed by atoms with Crippen LogP contribution in [0.25, 0.3) is 0 Å². The van der Waals surface area contributed by atoms with Crippen molar-refractivity contribution in [3.8, 4) is 0 Å². The summed E-state index contributed by atoms with van der Waals surface area (Å²) >= 11 is 0. The molecule has 0 fully saturated rings. The van der Waals surface area contributed by atoms with Crippen LogP contribution in [0.1, 0.15) is 30.9 Å². The van der Waals surface area contributed by atoms with Crippen molar-refractivity contribution < 1.29 is 8.42 Å². The van der Waals surface area contributed by atoms with Crippen LogP contribution in [0.2, 0.25) is 0 Å². The molecule has 0 bridgehead atoms. The van der Waals surface area contributed by atoms with Gasteiger partial charge in [0.1, 0.15) is 0 Å². The Morgan fingerprint density at radius 2 is 2.00 bits per heavy atom. The fourth-order valence-electron chi connectivity index (χ4n) is 2.04. The number of rotatable bonds is 4. The SMILES string of the molecule is CCCNS(=O)(=O)c1ccc2c(c1)CCC2. The highest BCUT2D eigenvalue weighted by molar-refractivity contribution is 7.89. The van der Waals surface area contributed by atoms with Crippen LogP contribution in [0.4, 0.5) is 0 Å². The molecular formula is C12H17NO2S. The van der Waals surface area contributed by atoms with Crippen molar-refractivity contribution in [2.24, 2.45) is 0 Å². The van der Waals surface area contributed by atoms with E-state index < -0.39 is 10.0 Å². The van der Waals surface area contributed by atoms with Gasteiger partial charge in [-0.25, -0.2) is 13.1 Å². The largest absolute Gasteiger partial charge is 0.240 e. The first kappa shape index (κ1) is 11.6. The molecular weight excluding hydrogens is 222 g/mol. The second-order valence-electron chi connectivity index (χ2n) is 4.18. The third-order valence-electron chi connectivity index (χ3n) is 2.92. The van der Waals surface area contributed by atoms with Crippen molar-refractivity contribution >= 4 is 10.0 Å². The summed E-state index contributed by atoms with van der Waals surface area (Å²) in [6, 6.07) is 5.48. The van der Waals surface area contributed by atoms with Gasteiger partial charge in [-0.15, -0.1) is 0 Å². The van der Waals surface area contributed by atoms with Crippen LogP contribution in [0.3, 0.4) is 0 Å². The molecule has 1 aromatic carbocycles. The Morgan fingerprint density at radius 1 is 1.25 bits per heavy atom. The van der Waals surface area contributed by atoms with E-state index in [1.807, 2.05) is 19.1 Å². The molecule has 0 unspecified atom stereocenters. The van der Waals surface area contributed by atoms with E-state index in [0.29, 0.717) is 11.4 Å². The van der Waals surface area contributed by atoms with Gasteiger partial charge in [0.2, 0.25) is 10.0 Å². The summed E-state index contributed by atoms with van der Waals surface area (Å²) in [4.78, 5) is 0.404. The van der Waals surface area contributed by atoms with E-state index in [2.05, 4.69) is 4.72 Å². The van der Waals surface area contributed by atoms with Crippen molar-refractivity contribution in [2.45, 2.75) is 37.5 Å². The van der Waals surface area contributed by atoms with Crippen LogP contribution < -0.4 is 4.72 Å². The van der Waals surface area contributed by atoms with Crippen molar-refractivity contribution in [3.05, 3.63) is 29.3 Å². The molecule has 1 aliphatic rings. The quantitative estimate of drug-likeness (QED) is 0.871.